The van der Waals surface area contributed by atoms with Gasteiger partial charge in [-0.2, -0.15) is 0 Å². The van der Waals surface area contributed by atoms with Gasteiger partial charge in [-0.3, -0.25) is 0 Å². The molecule has 6 aromatic carbocycles. The molecule has 7 N–H and O–H groups in total. The Bertz CT molecular complexity index is 2270. The van der Waals surface area contributed by atoms with Crippen molar-refractivity contribution in [2.24, 2.45) is 0 Å². The van der Waals surface area contributed by atoms with Crippen LogP contribution in [0.5, 0.6) is 51.7 Å². The Labute approximate surface area is 292 Å². The van der Waals surface area contributed by atoms with Gasteiger partial charge in [-0.15, -0.1) is 0 Å². The van der Waals surface area contributed by atoms with E-state index >= 15 is 0 Å². The topological polar surface area (TPSA) is 160 Å². The van der Waals surface area contributed by atoms with E-state index in [1.807, 2.05) is 24.3 Å². The van der Waals surface area contributed by atoms with Crippen molar-refractivity contribution >= 4 is 12.2 Å². The van der Waals surface area contributed by atoms with E-state index < -0.39 is 24.0 Å². The molecule has 0 spiro atoms. The van der Waals surface area contributed by atoms with Crippen LogP contribution in [0.25, 0.3) is 12.2 Å². The Morgan fingerprint density at radius 3 is 1.49 bits per heavy atom. The van der Waals surface area contributed by atoms with Crippen LogP contribution in [0.1, 0.15) is 68.6 Å². The lowest BCUT2D eigenvalue weighted by molar-refractivity contribution is 0.220. The first kappa shape index (κ1) is 31.5. The van der Waals surface area contributed by atoms with Gasteiger partial charge in [0.05, 0.1) is 11.8 Å². The highest BCUT2D eigenvalue weighted by atomic mass is 16.5. The minimum absolute atomic E-state index is 0.0368. The molecule has 0 saturated carbocycles. The lowest BCUT2D eigenvalue weighted by atomic mass is 9.76. The zero-order chi connectivity index (χ0) is 35.4. The second-order valence-electron chi connectivity index (χ2n) is 12.9. The molecule has 0 amide bonds. The van der Waals surface area contributed by atoms with Crippen LogP contribution >= 0.6 is 0 Å². The highest BCUT2D eigenvalue weighted by molar-refractivity contribution is 5.73. The van der Waals surface area contributed by atoms with Crippen LogP contribution in [0.4, 0.5) is 0 Å². The first-order valence-electron chi connectivity index (χ1n) is 16.3. The van der Waals surface area contributed by atoms with Gasteiger partial charge in [-0.1, -0.05) is 42.5 Å². The van der Waals surface area contributed by atoms with E-state index in [0.717, 1.165) is 27.8 Å². The average molecular weight is 681 g/mol. The van der Waals surface area contributed by atoms with Crippen LogP contribution in [0.15, 0.2) is 115 Å². The second kappa shape index (κ2) is 12.3. The fraction of sp³-hybridized carbons (Fsp3) is 0.0952. The predicted octanol–water partition coefficient (Wildman–Crippen LogP) is 8.33. The maximum atomic E-state index is 11.2. The molecule has 9 nitrogen and oxygen atoms in total. The summed E-state index contributed by atoms with van der Waals surface area (Å²) in [5.74, 6) is -0.301. The van der Waals surface area contributed by atoms with E-state index in [2.05, 4.69) is 0 Å². The molecule has 2 aliphatic heterocycles. The fourth-order valence-electron chi connectivity index (χ4n) is 7.29. The number of fused-ring (bicyclic) bond motifs is 2. The monoisotopic (exact) mass is 680 g/mol. The normalized spacial score (nSPS) is 19.0. The summed E-state index contributed by atoms with van der Waals surface area (Å²) < 4.78 is 13.3. The number of ether oxygens (including phenoxy) is 2. The van der Waals surface area contributed by atoms with Crippen molar-refractivity contribution in [2.45, 2.75) is 24.0 Å². The van der Waals surface area contributed by atoms with Gasteiger partial charge in [0.2, 0.25) is 0 Å². The SMILES string of the molecule is Oc1ccc([C@H]2Oc3ccc(C=Cc4cc(O)cc(O)c4)cc3[C@@H]2c2cc(O)cc3c2[C@H](c2cc(O)cc(O)c2)[C@H](c2ccc(O)cc2)O3)cc1. The van der Waals surface area contributed by atoms with Gasteiger partial charge in [0, 0.05) is 29.3 Å². The van der Waals surface area contributed by atoms with E-state index in [4.69, 9.17) is 9.47 Å². The third-order valence-corrected chi connectivity index (χ3v) is 9.41. The van der Waals surface area contributed by atoms with Gasteiger partial charge >= 0.3 is 0 Å². The summed E-state index contributed by atoms with van der Waals surface area (Å²) in [5, 5.41) is 72.5. The van der Waals surface area contributed by atoms with Gasteiger partial charge in [-0.25, -0.2) is 0 Å². The number of rotatable bonds is 6. The van der Waals surface area contributed by atoms with Crippen molar-refractivity contribution in [3.8, 4) is 51.7 Å². The largest absolute Gasteiger partial charge is 0.508 e. The van der Waals surface area contributed by atoms with Crippen LogP contribution in [0, 0.1) is 0 Å². The minimum Gasteiger partial charge on any atom is -0.508 e. The third kappa shape index (κ3) is 5.95. The predicted molar refractivity (Wildman–Crippen MR) is 190 cm³/mol. The number of aromatic hydroxyl groups is 7. The zero-order valence-corrected chi connectivity index (χ0v) is 26.9. The smallest absolute Gasteiger partial charge is 0.135 e. The molecule has 254 valence electrons. The zero-order valence-electron chi connectivity index (χ0n) is 26.9. The lowest BCUT2D eigenvalue weighted by Crippen LogP contribution is -2.16. The Morgan fingerprint density at radius 1 is 0.373 bits per heavy atom. The minimum atomic E-state index is -0.663. The molecule has 0 aromatic heterocycles. The molecule has 0 aliphatic carbocycles. The van der Waals surface area contributed by atoms with Crippen LogP contribution in [0.2, 0.25) is 0 Å². The Morgan fingerprint density at radius 2 is 0.882 bits per heavy atom. The number of benzene rings is 6. The molecule has 51 heavy (non-hydrogen) atoms. The summed E-state index contributed by atoms with van der Waals surface area (Å²) in [6, 6.07) is 31.1. The van der Waals surface area contributed by atoms with Gasteiger partial charge in [0.1, 0.15) is 64.0 Å². The van der Waals surface area contributed by atoms with Crippen LogP contribution in [-0.2, 0) is 0 Å². The molecule has 6 aromatic rings. The number of phenols is 7. The van der Waals surface area contributed by atoms with Crippen molar-refractivity contribution in [1.29, 1.82) is 0 Å². The van der Waals surface area contributed by atoms with Crippen LogP contribution in [0.3, 0.4) is 0 Å². The van der Waals surface area contributed by atoms with Crippen molar-refractivity contribution < 1.29 is 45.2 Å². The summed E-state index contributed by atoms with van der Waals surface area (Å²) >= 11 is 0. The van der Waals surface area contributed by atoms with Gasteiger partial charge in [0.15, 0.2) is 0 Å². The maximum Gasteiger partial charge on any atom is 0.135 e. The first-order chi connectivity index (χ1) is 24.6. The molecule has 8 rings (SSSR count). The van der Waals surface area contributed by atoms with Crippen molar-refractivity contribution in [1.82, 2.24) is 0 Å². The molecule has 0 radical (unpaired) electrons. The third-order valence-electron chi connectivity index (χ3n) is 9.41. The Balaban J connectivity index is 1.32. The van der Waals surface area contributed by atoms with Gasteiger partial charge < -0.3 is 45.2 Å². The fourth-order valence-corrected chi connectivity index (χ4v) is 7.29. The number of hydrogen-bond donors (Lipinski definition) is 7. The van der Waals surface area contributed by atoms with E-state index in [0.29, 0.717) is 28.2 Å². The Kier molecular flexibility index (Phi) is 7.60. The molecule has 0 unspecified atom stereocenters. The summed E-state index contributed by atoms with van der Waals surface area (Å²) in [6.07, 6.45) is 2.37. The quantitative estimate of drug-likeness (QED) is 0.0858. The molecule has 2 aliphatic rings. The standard InChI is InChI=1S/C42H32O9/c43-27-8-4-24(5-9-27)41-38(26-16-31(47)19-32(48)17-26)40-35(20-33(49)21-37(40)51-41)39-34-15-22(1-2-23-13-29(45)18-30(46)14-23)3-12-36(34)50-42(39)25-6-10-28(44)11-7-25/h1-21,38-39,41-49H/t38-,39+,41-,42+/m0/s1. The van der Waals surface area contributed by atoms with Gasteiger partial charge in [-0.05, 0) is 100 Å². The average Bonchev–Trinajstić information content (AvgIpc) is 3.66. The molecule has 0 bridgehead atoms. The second-order valence-corrected chi connectivity index (χ2v) is 12.9. The molecular weight excluding hydrogens is 648 g/mol. The van der Waals surface area contributed by atoms with Crippen molar-refractivity contribution in [3.63, 3.8) is 0 Å². The molecule has 2 heterocycles. The highest BCUT2D eigenvalue weighted by Gasteiger charge is 2.45. The number of hydrogen-bond acceptors (Lipinski definition) is 9. The number of phenolic OH excluding ortho intramolecular Hbond substituents is 7. The van der Waals surface area contributed by atoms with E-state index in [1.165, 1.54) is 24.3 Å². The van der Waals surface area contributed by atoms with E-state index in [9.17, 15) is 35.7 Å². The molecule has 4 atom stereocenters. The molecular formula is C42H32O9. The van der Waals surface area contributed by atoms with Crippen LogP contribution < -0.4 is 9.47 Å². The summed E-state index contributed by atoms with van der Waals surface area (Å²) in [7, 11) is 0. The molecule has 9 heteroatoms. The Hall–Kier alpha value is -6.74. The van der Waals surface area contributed by atoms with Crippen molar-refractivity contribution in [3.05, 3.63) is 160 Å². The molecule has 0 fully saturated rings. The van der Waals surface area contributed by atoms with Crippen LogP contribution in [-0.4, -0.2) is 35.7 Å². The van der Waals surface area contributed by atoms with E-state index in [1.54, 1.807) is 78.9 Å². The maximum absolute atomic E-state index is 11.2. The summed E-state index contributed by atoms with van der Waals surface area (Å²) in [4.78, 5) is 0. The lowest BCUT2D eigenvalue weighted by Gasteiger charge is -2.26. The first-order valence-corrected chi connectivity index (χ1v) is 16.3. The molecule has 0 saturated heterocycles. The van der Waals surface area contributed by atoms with E-state index in [-0.39, 0.29) is 40.2 Å². The van der Waals surface area contributed by atoms with Crippen molar-refractivity contribution in [2.75, 3.05) is 0 Å². The van der Waals surface area contributed by atoms with Gasteiger partial charge in [0.25, 0.3) is 0 Å². The highest BCUT2D eigenvalue weighted by Crippen LogP contribution is 2.59. The summed E-state index contributed by atoms with van der Waals surface area (Å²) in [5.41, 5.74) is 5.70. The summed E-state index contributed by atoms with van der Waals surface area (Å²) in [6.45, 7) is 0.